The highest BCUT2D eigenvalue weighted by molar-refractivity contribution is 5.98. The highest BCUT2D eigenvalue weighted by Crippen LogP contribution is 2.25. The van der Waals surface area contributed by atoms with Crippen molar-refractivity contribution in [3.63, 3.8) is 0 Å². The normalized spacial score (nSPS) is 32.7. The van der Waals surface area contributed by atoms with Crippen molar-refractivity contribution >= 4 is 11.8 Å². The van der Waals surface area contributed by atoms with E-state index < -0.39 is 5.92 Å². The van der Waals surface area contributed by atoms with Gasteiger partial charge in [-0.05, 0) is 6.92 Å². The maximum atomic E-state index is 11.4. The van der Waals surface area contributed by atoms with Crippen LogP contribution in [0.2, 0.25) is 0 Å². The van der Waals surface area contributed by atoms with Gasteiger partial charge in [-0.1, -0.05) is 0 Å². The minimum atomic E-state index is -0.558. The molecule has 5 nitrogen and oxygen atoms in total. The fourth-order valence-electron chi connectivity index (χ4n) is 1.98. The number of carbonyl (C=O) groups is 2. The lowest BCUT2D eigenvalue weighted by molar-refractivity contribution is -0.154. The van der Waals surface area contributed by atoms with Crippen LogP contribution in [0.1, 0.15) is 13.3 Å². The summed E-state index contributed by atoms with van der Waals surface area (Å²) in [5.74, 6) is -1.03. The molecule has 2 fully saturated rings. The lowest BCUT2D eigenvalue weighted by Crippen LogP contribution is -2.43. The minimum absolute atomic E-state index is 0.101. The molecule has 0 amide bonds. The Kier molecular flexibility index (Phi) is 3.02. The van der Waals surface area contributed by atoms with Crippen LogP contribution in [0.5, 0.6) is 0 Å². The fourth-order valence-corrected chi connectivity index (χ4v) is 1.98. The van der Waals surface area contributed by atoms with E-state index in [-0.39, 0.29) is 18.0 Å². The molecule has 0 bridgehead atoms. The van der Waals surface area contributed by atoms with E-state index in [1.807, 2.05) is 0 Å². The molecule has 2 unspecified atom stereocenters. The van der Waals surface area contributed by atoms with E-state index in [0.717, 1.165) is 13.1 Å². The van der Waals surface area contributed by atoms with Crippen LogP contribution in [0.3, 0.4) is 0 Å². The molecule has 2 atom stereocenters. The molecule has 0 spiro atoms. The number of morpholine rings is 1. The van der Waals surface area contributed by atoms with Gasteiger partial charge in [0, 0.05) is 19.5 Å². The van der Waals surface area contributed by atoms with E-state index in [4.69, 9.17) is 9.47 Å². The first-order valence-electron chi connectivity index (χ1n) is 5.21. The standard InChI is InChI=1S/C10H15NO4/c1-7(12)8-6-9(15-10(8)13)11-2-4-14-5-3-11/h8-9H,2-6H2,1H3. The maximum Gasteiger partial charge on any atom is 0.318 e. The number of esters is 1. The summed E-state index contributed by atoms with van der Waals surface area (Å²) in [7, 11) is 0. The van der Waals surface area contributed by atoms with Crippen molar-refractivity contribution in [3.8, 4) is 0 Å². The van der Waals surface area contributed by atoms with Gasteiger partial charge in [-0.15, -0.1) is 0 Å². The van der Waals surface area contributed by atoms with Crippen LogP contribution in [0.4, 0.5) is 0 Å². The zero-order valence-electron chi connectivity index (χ0n) is 8.77. The Bertz CT molecular complexity index is 273. The first-order chi connectivity index (χ1) is 7.18. The lowest BCUT2D eigenvalue weighted by atomic mass is 10.0. The first kappa shape index (κ1) is 10.6. The van der Waals surface area contributed by atoms with Gasteiger partial charge in [0.25, 0.3) is 0 Å². The van der Waals surface area contributed by atoms with E-state index in [2.05, 4.69) is 4.90 Å². The van der Waals surface area contributed by atoms with Crippen LogP contribution in [-0.4, -0.2) is 49.2 Å². The third-order valence-electron chi connectivity index (χ3n) is 2.92. The molecule has 0 aromatic heterocycles. The molecule has 15 heavy (non-hydrogen) atoms. The molecule has 2 aliphatic heterocycles. The number of ether oxygens (including phenoxy) is 2. The molecular formula is C10H15NO4. The number of carbonyl (C=O) groups excluding carboxylic acids is 2. The predicted molar refractivity (Wildman–Crippen MR) is 51.1 cm³/mol. The molecule has 5 heteroatoms. The molecule has 0 aliphatic carbocycles. The number of rotatable bonds is 2. The summed E-state index contributed by atoms with van der Waals surface area (Å²) in [5.41, 5.74) is 0. The largest absolute Gasteiger partial charge is 0.446 e. The Morgan fingerprint density at radius 1 is 1.40 bits per heavy atom. The number of cyclic esters (lactones) is 1. The van der Waals surface area contributed by atoms with Gasteiger partial charge in [0.15, 0.2) is 6.23 Å². The molecule has 0 aromatic carbocycles. The fraction of sp³-hybridized carbons (Fsp3) is 0.800. The molecule has 84 valence electrons. The molecule has 2 rings (SSSR count). The average molecular weight is 213 g/mol. The number of nitrogens with zero attached hydrogens (tertiary/aromatic N) is 1. The molecule has 0 N–H and O–H groups in total. The molecule has 2 aliphatic rings. The highest BCUT2D eigenvalue weighted by Gasteiger charge is 2.40. The van der Waals surface area contributed by atoms with Gasteiger partial charge in [-0.3, -0.25) is 14.5 Å². The second-order valence-electron chi connectivity index (χ2n) is 3.94. The SMILES string of the molecule is CC(=O)C1CC(N2CCOCC2)OC1=O. The van der Waals surface area contributed by atoms with Gasteiger partial charge in [0.1, 0.15) is 11.7 Å². The van der Waals surface area contributed by atoms with Gasteiger partial charge in [0.05, 0.1) is 13.2 Å². The third kappa shape index (κ3) is 2.18. The summed E-state index contributed by atoms with van der Waals surface area (Å²) >= 11 is 0. The van der Waals surface area contributed by atoms with Crippen LogP contribution < -0.4 is 0 Å². The van der Waals surface area contributed by atoms with Crippen LogP contribution in [0, 0.1) is 5.92 Å². The third-order valence-corrected chi connectivity index (χ3v) is 2.92. The Morgan fingerprint density at radius 3 is 2.60 bits per heavy atom. The van der Waals surface area contributed by atoms with Gasteiger partial charge < -0.3 is 9.47 Å². The van der Waals surface area contributed by atoms with Crippen molar-refractivity contribution in [3.05, 3.63) is 0 Å². The molecule has 0 aromatic rings. The molecule has 0 saturated carbocycles. The Labute approximate surface area is 88.3 Å². The molecule has 2 heterocycles. The van der Waals surface area contributed by atoms with E-state index in [0.29, 0.717) is 19.6 Å². The van der Waals surface area contributed by atoms with Crippen molar-refractivity contribution in [2.45, 2.75) is 19.6 Å². The molecule has 0 radical (unpaired) electrons. The smallest absolute Gasteiger partial charge is 0.318 e. The lowest BCUT2D eigenvalue weighted by Gasteiger charge is -2.30. The summed E-state index contributed by atoms with van der Waals surface area (Å²) < 4.78 is 10.4. The van der Waals surface area contributed by atoms with Crippen molar-refractivity contribution in [1.29, 1.82) is 0 Å². The predicted octanol–water partition coefficient (Wildman–Crippen LogP) is -0.203. The average Bonchev–Trinajstić information content (AvgIpc) is 2.62. The van der Waals surface area contributed by atoms with E-state index in [1.165, 1.54) is 6.92 Å². The summed E-state index contributed by atoms with van der Waals surface area (Å²) in [4.78, 5) is 24.6. The Balaban J connectivity index is 1.95. The number of ketones is 1. The van der Waals surface area contributed by atoms with Crippen molar-refractivity contribution < 1.29 is 19.1 Å². The summed E-state index contributed by atoms with van der Waals surface area (Å²) in [6.07, 6.45) is 0.268. The van der Waals surface area contributed by atoms with Gasteiger partial charge in [-0.25, -0.2) is 0 Å². The van der Waals surface area contributed by atoms with Crippen molar-refractivity contribution in [1.82, 2.24) is 4.90 Å². The van der Waals surface area contributed by atoms with Crippen LogP contribution >= 0.6 is 0 Å². The van der Waals surface area contributed by atoms with Gasteiger partial charge in [0.2, 0.25) is 0 Å². The van der Waals surface area contributed by atoms with E-state index in [9.17, 15) is 9.59 Å². The number of hydrogen-bond acceptors (Lipinski definition) is 5. The van der Waals surface area contributed by atoms with E-state index >= 15 is 0 Å². The topological polar surface area (TPSA) is 55.8 Å². The molecule has 2 saturated heterocycles. The monoisotopic (exact) mass is 213 g/mol. The van der Waals surface area contributed by atoms with Gasteiger partial charge >= 0.3 is 5.97 Å². The maximum absolute atomic E-state index is 11.4. The van der Waals surface area contributed by atoms with Crippen molar-refractivity contribution in [2.75, 3.05) is 26.3 Å². The zero-order chi connectivity index (χ0) is 10.8. The second-order valence-corrected chi connectivity index (χ2v) is 3.94. The Hall–Kier alpha value is -0.940. The Morgan fingerprint density at radius 2 is 2.07 bits per heavy atom. The van der Waals surface area contributed by atoms with Crippen LogP contribution in [0.25, 0.3) is 0 Å². The summed E-state index contributed by atoms with van der Waals surface area (Å²) in [5, 5.41) is 0. The van der Waals surface area contributed by atoms with E-state index in [1.54, 1.807) is 0 Å². The molecular weight excluding hydrogens is 198 g/mol. The highest BCUT2D eigenvalue weighted by atomic mass is 16.6. The van der Waals surface area contributed by atoms with Crippen LogP contribution in [-0.2, 0) is 19.1 Å². The van der Waals surface area contributed by atoms with Gasteiger partial charge in [-0.2, -0.15) is 0 Å². The van der Waals surface area contributed by atoms with Crippen molar-refractivity contribution in [2.24, 2.45) is 5.92 Å². The van der Waals surface area contributed by atoms with Crippen LogP contribution in [0.15, 0.2) is 0 Å². The second kappa shape index (κ2) is 4.28. The number of hydrogen-bond donors (Lipinski definition) is 0. The summed E-state index contributed by atoms with van der Waals surface area (Å²) in [6.45, 7) is 4.30. The quantitative estimate of drug-likeness (QED) is 0.469. The number of Topliss-reactive ketones (excluding diaryl/α,β-unsaturated/α-hetero) is 1. The summed E-state index contributed by atoms with van der Waals surface area (Å²) in [6, 6.07) is 0. The first-order valence-corrected chi connectivity index (χ1v) is 5.21. The zero-order valence-corrected chi connectivity index (χ0v) is 8.77. The minimum Gasteiger partial charge on any atom is -0.446 e.